The van der Waals surface area contributed by atoms with Crippen LogP contribution in [0.3, 0.4) is 0 Å². The normalized spacial score (nSPS) is 16.4. The van der Waals surface area contributed by atoms with Crippen LogP contribution in [0.1, 0.15) is 66.5 Å². The summed E-state index contributed by atoms with van der Waals surface area (Å²) in [4.78, 5) is 0. The summed E-state index contributed by atoms with van der Waals surface area (Å²) in [5, 5.41) is 0. The molecule has 2 rings (SSSR count). The second-order valence-corrected chi connectivity index (χ2v) is 18.9. The highest BCUT2D eigenvalue weighted by molar-refractivity contribution is 6.74. The summed E-state index contributed by atoms with van der Waals surface area (Å²) in [6.07, 6.45) is 0. The first-order chi connectivity index (χ1) is 15.2. The highest BCUT2D eigenvalue weighted by Gasteiger charge is 2.55. The Morgan fingerprint density at radius 3 is 0.969 bits per heavy atom. The van der Waals surface area contributed by atoms with Crippen molar-refractivity contribution in [2.75, 3.05) is 0 Å². The maximum Gasteiger partial charge on any atom is 0.193 e. The topological polar surface area (TPSA) is 18.5 Å². The molecule has 0 aliphatic heterocycles. The van der Waals surface area contributed by atoms with Crippen molar-refractivity contribution in [3.8, 4) is 0 Å². The maximum absolute atomic E-state index is 7.49. The molecule has 2 unspecified atom stereocenters. The van der Waals surface area contributed by atoms with Crippen LogP contribution in [0.2, 0.25) is 36.3 Å². The first-order valence-electron chi connectivity index (χ1n) is 12.8. The minimum atomic E-state index is -1.95. The molecule has 0 amide bonds. The zero-order valence-corrected chi connectivity index (χ0v) is 23.8. The van der Waals surface area contributed by atoms with Gasteiger partial charge in [0.2, 0.25) is 0 Å². The number of hydrogen-bond donors (Lipinski definition) is 0. The average Bonchev–Trinajstić information content (AvgIpc) is 2.87. The molecule has 4 heteroatoms. The molecule has 0 bridgehead atoms. The molecule has 0 saturated carbocycles. The van der Waals surface area contributed by atoms with Crippen LogP contribution in [0, 0.1) is 0 Å². The Hall–Kier alpha value is -1.21. The van der Waals surface area contributed by atoms with Gasteiger partial charge in [-0.2, -0.15) is 0 Å². The van der Waals surface area contributed by atoms with Gasteiger partial charge in [-0.1, -0.05) is 102 Å². The molecule has 178 valence electrons. The largest absolute Gasteiger partial charge is 0.404 e. The van der Waals surface area contributed by atoms with E-state index in [1.807, 2.05) is 0 Å². The van der Waals surface area contributed by atoms with Crippen LogP contribution in [0.15, 0.2) is 60.7 Å². The fourth-order valence-corrected chi connectivity index (χ4v) is 11.4. The van der Waals surface area contributed by atoms with E-state index in [2.05, 4.69) is 116 Å². The molecule has 32 heavy (non-hydrogen) atoms. The Kier molecular flexibility index (Phi) is 9.53. The predicted octanol–water partition coefficient (Wildman–Crippen LogP) is 8.86. The third kappa shape index (κ3) is 5.14. The van der Waals surface area contributed by atoms with Crippen LogP contribution in [-0.2, 0) is 20.1 Å². The van der Waals surface area contributed by atoms with Gasteiger partial charge in [-0.3, -0.25) is 0 Å². The second-order valence-electron chi connectivity index (χ2n) is 9.49. The Morgan fingerprint density at radius 1 is 0.500 bits per heavy atom. The molecular weight excluding hydrogens is 424 g/mol. The molecule has 0 aromatic heterocycles. The Labute approximate surface area is 200 Å². The van der Waals surface area contributed by atoms with Gasteiger partial charge in [0.15, 0.2) is 16.6 Å². The number of benzene rings is 2. The zero-order chi connectivity index (χ0) is 23.9. The summed E-state index contributed by atoms with van der Waals surface area (Å²) in [6, 6.07) is 28.4. The van der Waals surface area contributed by atoms with E-state index < -0.39 is 27.8 Å². The molecule has 0 aliphatic rings. The van der Waals surface area contributed by atoms with Gasteiger partial charge in [-0.15, -0.1) is 0 Å². The molecule has 2 atom stereocenters. The molecule has 0 fully saturated rings. The van der Waals surface area contributed by atoms with Crippen LogP contribution in [0.5, 0.6) is 0 Å². The Balaban J connectivity index is 2.83. The number of rotatable bonds is 13. The van der Waals surface area contributed by atoms with E-state index in [1.165, 1.54) is 11.1 Å². The van der Waals surface area contributed by atoms with Crippen LogP contribution in [0.25, 0.3) is 0 Å². The van der Waals surface area contributed by atoms with Crippen molar-refractivity contribution in [2.24, 2.45) is 0 Å². The van der Waals surface area contributed by atoms with Crippen LogP contribution < -0.4 is 0 Å². The quantitative estimate of drug-likeness (QED) is 0.272. The van der Waals surface area contributed by atoms with Gasteiger partial charge in [-0.05, 0) is 61.2 Å². The lowest BCUT2D eigenvalue weighted by Gasteiger charge is -2.54. The van der Waals surface area contributed by atoms with E-state index in [4.69, 9.17) is 8.85 Å². The average molecular weight is 471 g/mol. The van der Waals surface area contributed by atoms with Crippen molar-refractivity contribution in [3.05, 3.63) is 71.8 Å². The van der Waals surface area contributed by atoms with Gasteiger partial charge in [0.25, 0.3) is 0 Å². The third-order valence-corrected chi connectivity index (χ3v) is 17.7. The van der Waals surface area contributed by atoms with E-state index in [9.17, 15) is 0 Å². The van der Waals surface area contributed by atoms with Crippen LogP contribution >= 0.6 is 0 Å². The van der Waals surface area contributed by atoms with Gasteiger partial charge in [0.05, 0.1) is 0 Å². The molecule has 0 N–H and O–H groups in total. The van der Waals surface area contributed by atoms with Crippen LogP contribution in [-0.4, -0.2) is 16.6 Å². The fourth-order valence-electron chi connectivity index (χ4n) is 5.17. The number of hydrogen-bond acceptors (Lipinski definition) is 2. The van der Waals surface area contributed by atoms with Crippen LogP contribution in [0.4, 0.5) is 0 Å². The second kappa shape index (κ2) is 11.3. The van der Waals surface area contributed by atoms with E-state index >= 15 is 0 Å². The molecule has 0 radical (unpaired) electrons. The minimum Gasteiger partial charge on any atom is -0.404 e. The first-order valence-corrected chi connectivity index (χ1v) is 17.8. The minimum absolute atomic E-state index is 0.582. The molecule has 2 aromatic carbocycles. The summed E-state index contributed by atoms with van der Waals surface area (Å²) < 4.78 is 15.0. The standard InChI is InChI=1S/C28H46O2Si2/c1-9-31(10-2,11-3)29-27(7,25-21-17-15-18-22-25)28(8,26-23-19-16-20-24-26)30-32(12-4,13-5)14-6/h15-24H,9-14H2,1-8H3. The van der Waals surface area contributed by atoms with Crippen molar-refractivity contribution in [2.45, 2.75) is 103 Å². The van der Waals surface area contributed by atoms with Gasteiger partial charge < -0.3 is 8.85 Å². The highest BCUT2D eigenvalue weighted by atomic mass is 28.4. The van der Waals surface area contributed by atoms with Crippen molar-refractivity contribution in [1.82, 2.24) is 0 Å². The van der Waals surface area contributed by atoms with Gasteiger partial charge in [-0.25, -0.2) is 0 Å². The predicted molar refractivity (Wildman–Crippen MR) is 144 cm³/mol. The van der Waals surface area contributed by atoms with Gasteiger partial charge in [0.1, 0.15) is 11.2 Å². The van der Waals surface area contributed by atoms with E-state index in [0.717, 1.165) is 36.3 Å². The fraction of sp³-hybridized carbons (Fsp3) is 0.571. The summed E-state index contributed by atoms with van der Waals surface area (Å²) in [6.45, 7) is 18.5. The smallest absolute Gasteiger partial charge is 0.193 e. The monoisotopic (exact) mass is 470 g/mol. The highest BCUT2D eigenvalue weighted by Crippen LogP contribution is 2.51. The lowest BCUT2D eigenvalue weighted by atomic mass is 9.76. The summed E-state index contributed by atoms with van der Waals surface area (Å²) >= 11 is 0. The van der Waals surface area contributed by atoms with E-state index in [1.54, 1.807) is 0 Å². The summed E-state index contributed by atoms with van der Waals surface area (Å²) in [7, 11) is -3.90. The molecule has 0 aliphatic carbocycles. The van der Waals surface area contributed by atoms with Crippen molar-refractivity contribution < 1.29 is 8.85 Å². The molecule has 0 spiro atoms. The van der Waals surface area contributed by atoms with E-state index in [-0.39, 0.29) is 0 Å². The van der Waals surface area contributed by atoms with Crippen molar-refractivity contribution in [3.63, 3.8) is 0 Å². The lowest BCUT2D eigenvalue weighted by molar-refractivity contribution is -0.122. The lowest BCUT2D eigenvalue weighted by Crippen LogP contribution is -2.59. The van der Waals surface area contributed by atoms with Crippen molar-refractivity contribution in [1.29, 1.82) is 0 Å². The molecule has 0 saturated heterocycles. The zero-order valence-electron chi connectivity index (χ0n) is 21.8. The Bertz CT molecular complexity index is 717. The third-order valence-electron chi connectivity index (χ3n) is 8.27. The van der Waals surface area contributed by atoms with E-state index in [0.29, 0.717) is 0 Å². The summed E-state index contributed by atoms with van der Waals surface area (Å²) in [5.74, 6) is 0. The molecule has 0 heterocycles. The summed E-state index contributed by atoms with van der Waals surface area (Å²) in [5.41, 5.74) is 1.26. The molecular formula is C28H46O2Si2. The van der Waals surface area contributed by atoms with Crippen molar-refractivity contribution >= 4 is 16.6 Å². The molecule has 2 aromatic rings. The Morgan fingerprint density at radius 2 is 0.750 bits per heavy atom. The first kappa shape index (κ1) is 27.0. The molecule has 2 nitrogen and oxygen atoms in total. The maximum atomic E-state index is 7.49. The van der Waals surface area contributed by atoms with Gasteiger partial charge in [0, 0.05) is 0 Å². The van der Waals surface area contributed by atoms with Gasteiger partial charge >= 0.3 is 0 Å². The SMILES string of the molecule is CC[Si](CC)(CC)OC(C)(c1ccccc1)C(C)(O[Si](CC)(CC)CC)c1ccccc1.